The van der Waals surface area contributed by atoms with Crippen molar-refractivity contribution >= 4 is 11.4 Å². The molecule has 2 nitrogen and oxygen atoms in total. The van der Waals surface area contributed by atoms with Gasteiger partial charge >= 0.3 is 6.18 Å². The van der Waals surface area contributed by atoms with Gasteiger partial charge in [0.2, 0.25) is 0 Å². The van der Waals surface area contributed by atoms with Crippen molar-refractivity contribution in [3.05, 3.63) is 23.8 Å². The number of anilines is 2. The molecule has 0 unspecified atom stereocenters. The second-order valence-corrected chi connectivity index (χ2v) is 5.55. The molecule has 1 fully saturated rings. The largest absolute Gasteiger partial charge is 0.418 e. The van der Waals surface area contributed by atoms with Gasteiger partial charge in [0.1, 0.15) is 0 Å². The van der Waals surface area contributed by atoms with Crippen LogP contribution in [0.5, 0.6) is 0 Å². The Labute approximate surface area is 111 Å². The number of hydrogen-bond acceptors (Lipinski definition) is 2. The summed E-state index contributed by atoms with van der Waals surface area (Å²) in [6.07, 6.45) is 0.677. The van der Waals surface area contributed by atoms with Crippen molar-refractivity contribution in [2.75, 3.05) is 11.1 Å². The fourth-order valence-corrected chi connectivity index (χ4v) is 2.69. The molecular formula is C14H19F3N2. The van der Waals surface area contributed by atoms with Gasteiger partial charge in [-0.2, -0.15) is 13.2 Å². The number of nitrogens with one attached hydrogen (secondary N) is 1. The van der Waals surface area contributed by atoms with Gasteiger partial charge in [0.15, 0.2) is 0 Å². The number of hydrogen-bond donors (Lipinski definition) is 2. The second-order valence-electron chi connectivity index (χ2n) is 5.55. The van der Waals surface area contributed by atoms with Crippen molar-refractivity contribution in [3.8, 4) is 0 Å². The number of alkyl halides is 3. The molecule has 0 radical (unpaired) electrons. The monoisotopic (exact) mass is 272 g/mol. The van der Waals surface area contributed by atoms with E-state index in [0.717, 1.165) is 38.2 Å². The first-order valence-corrected chi connectivity index (χ1v) is 6.55. The van der Waals surface area contributed by atoms with Crippen molar-refractivity contribution in [2.24, 2.45) is 0 Å². The standard InChI is InChI=1S/C14H19F3N2/c1-13(7-3-2-4-8-13)19-12-6-5-10(18)9-11(12)14(15,16)17/h5-6,9,19H,2-4,7-8,18H2,1H3. The summed E-state index contributed by atoms with van der Waals surface area (Å²) in [7, 11) is 0. The molecule has 106 valence electrons. The van der Waals surface area contributed by atoms with Crippen molar-refractivity contribution in [3.63, 3.8) is 0 Å². The second kappa shape index (κ2) is 4.94. The topological polar surface area (TPSA) is 38.0 Å². The lowest BCUT2D eigenvalue weighted by atomic mass is 9.83. The predicted octanol–water partition coefficient (Wildman–Crippen LogP) is 4.42. The average molecular weight is 272 g/mol. The highest BCUT2D eigenvalue weighted by atomic mass is 19.4. The molecule has 0 aromatic heterocycles. The van der Waals surface area contributed by atoms with Gasteiger partial charge < -0.3 is 11.1 Å². The number of nitrogen functional groups attached to an aromatic ring is 1. The lowest BCUT2D eigenvalue weighted by Gasteiger charge is -2.36. The molecule has 1 aromatic carbocycles. The zero-order chi connectivity index (χ0) is 14.1. The molecule has 0 spiro atoms. The normalized spacial score (nSPS) is 19.2. The summed E-state index contributed by atoms with van der Waals surface area (Å²) in [6, 6.07) is 3.93. The molecule has 0 amide bonds. The molecule has 3 N–H and O–H groups in total. The fraction of sp³-hybridized carbons (Fsp3) is 0.571. The average Bonchev–Trinajstić information content (AvgIpc) is 2.31. The molecule has 0 saturated heterocycles. The van der Waals surface area contributed by atoms with Gasteiger partial charge in [-0.15, -0.1) is 0 Å². The van der Waals surface area contributed by atoms with Crippen LogP contribution in [0, 0.1) is 0 Å². The Morgan fingerprint density at radius 3 is 2.37 bits per heavy atom. The van der Waals surface area contributed by atoms with Crippen LogP contribution in [0.2, 0.25) is 0 Å². The van der Waals surface area contributed by atoms with Crippen LogP contribution in [0.15, 0.2) is 18.2 Å². The number of rotatable bonds is 2. The summed E-state index contributed by atoms with van der Waals surface area (Å²) < 4.78 is 39.0. The van der Waals surface area contributed by atoms with E-state index in [1.807, 2.05) is 6.92 Å². The zero-order valence-corrected chi connectivity index (χ0v) is 11.0. The summed E-state index contributed by atoms with van der Waals surface area (Å²) in [4.78, 5) is 0. The summed E-state index contributed by atoms with van der Waals surface area (Å²) in [5.41, 5.74) is 4.79. The minimum Gasteiger partial charge on any atom is -0.399 e. The van der Waals surface area contributed by atoms with E-state index < -0.39 is 11.7 Å². The highest BCUT2D eigenvalue weighted by molar-refractivity contribution is 5.60. The SMILES string of the molecule is CC1(Nc2ccc(N)cc2C(F)(F)F)CCCCC1. The third-order valence-electron chi connectivity index (χ3n) is 3.74. The number of nitrogens with two attached hydrogens (primary N) is 1. The van der Waals surface area contributed by atoms with Crippen LogP contribution in [0.3, 0.4) is 0 Å². The van der Waals surface area contributed by atoms with E-state index in [-0.39, 0.29) is 16.9 Å². The van der Waals surface area contributed by atoms with E-state index in [1.54, 1.807) is 0 Å². The third-order valence-corrected chi connectivity index (χ3v) is 3.74. The predicted molar refractivity (Wildman–Crippen MR) is 71.0 cm³/mol. The molecule has 1 aromatic rings. The van der Waals surface area contributed by atoms with Crippen LogP contribution in [0.25, 0.3) is 0 Å². The Morgan fingerprint density at radius 1 is 1.16 bits per heavy atom. The molecule has 0 aliphatic heterocycles. The molecule has 19 heavy (non-hydrogen) atoms. The molecule has 5 heteroatoms. The first kappa shape index (κ1) is 14.0. The maximum Gasteiger partial charge on any atom is 0.418 e. The first-order valence-electron chi connectivity index (χ1n) is 6.55. The Morgan fingerprint density at radius 2 is 1.79 bits per heavy atom. The van der Waals surface area contributed by atoms with E-state index in [4.69, 9.17) is 5.73 Å². The Hall–Kier alpha value is -1.39. The van der Waals surface area contributed by atoms with Gasteiger partial charge in [-0.05, 0) is 38.0 Å². The van der Waals surface area contributed by atoms with E-state index in [1.165, 1.54) is 12.1 Å². The van der Waals surface area contributed by atoms with Crippen molar-refractivity contribution < 1.29 is 13.2 Å². The molecule has 1 aliphatic rings. The van der Waals surface area contributed by atoms with Crippen molar-refractivity contribution in [2.45, 2.75) is 50.7 Å². The molecule has 1 saturated carbocycles. The van der Waals surface area contributed by atoms with Gasteiger partial charge in [-0.3, -0.25) is 0 Å². The Kier molecular flexibility index (Phi) is 3.65. The molecule has 0 heterocycles. The quantitative estimate of drug-likeness (QED) is 0.782. The van der Waals surface area contributed by atoms with Crippen LogP contribution in [0.1, 0.15) is 44.6 Å². The summed E-state index contributed by atoms with van der Waals surface area (Å²) in [5.74, 6) is 0. The zero-order valence-electron chi connectivity index (χ0n) is 11.0. The smallest absolute Gasteiger partial charge is 0.399 e. The van der Waals surface area contributed by atoms with Gasteiger partial charge in [-0.25, -0.2) is 0 Å². The van der Waals surface area contributed by atoms with Crippen LogP contribution >= 0.6 is 0 Å². The molecule has 0 atom stereocenters. The van der Waals surface area contributed by atoms with Crippen molar-refractivity contribution in [1.29, 1.82) is 0 Å². The van der Waals surface area contributed by atoms with Crippen LogP contribution in [-0.2, 0) is 6.18 Å². The molecule has 0 bridgehead atoms. The van der Waals surface area contributed by atoms with Gasteiger partial charge in [0, 0.05) is 16.9 Å². The lowest BCUT2D eigenvalue weighted by molar-refractivity contribution is -0.137. The van der Waals surface area contributed by atoms with E-state index in [0.29, 0.717) is 0 Å². The summed E-state index contributed by atoms with van der Waals surface area (Å²) >= 11 is 0. The van der Waals surface area contributed by atoms with Gasteiger partial charge in [-0.1, -0.05) is 19.3 Å². The molecule has 1 aliphatic carbocycles. The minimum atomic E-state index is -4.39. The minimum absolute atomic E-state index is 0.131. The van der Waals surface area contributed by atoms with E-state index in [9.17, 15) is 13.2 Å². The van der Waals surface area contributed by atoms with Gasteiger partial charge in [0.05, 0.1) is 5.56 Å². The third kappa shape index (κ3) is 3.33. The highest BCUT2D eigenvalue weighted by Gasteiger charge is 2.36. The summed E-state index contributed by atoms with van der Waals surface area (Å²) in [5, 5.41) is 3.08. The molecule has 2 rings (SSSR count). The molecular weight excluding hydrogens is 253 g/mol. The Balaban J connectivity index is 2.29. The van der Waals surface area contributed by atoms with Crippen LogP contribution in [-0.4, -0.2) is 5.54 Å². The fourth-order valence-electron chi connectivity index (χ4n) is 2.69. The maximum atomic E-state index is 13.0. The Bertz CT molecular complexity index is 448. The number of benzene rings is 1. The van der Waals surface area contributed by atoms with E-state index in [2.05, 4.69) is 5.32 Å². The van der Waals surface area contributed by atoms with Crippen LogP contribution < -0.4 is 11.1 Å². The highest BCUT2D eigenvalue weighted by Crippen LogP contribution is 2.39. The first-order chi connectivity index (χ1) is 8.80. The van der Waals surface area contributed by atoms with Crippen molar-refractivity contribution in [1.82, 2.24) is 0 Å². The lowest BCUT2D eigenvalue weighted by Crippen LogP contribution is -2.37. The van der Waals surface area contributed by atoms with E-state index >= 15 is 0 Å². The summed E-state index contributed by atoms with van der Waals surface area (Å²) in [6.45, 7) is 1.99. The number of halogens is 3. The van der Waals surface area contributed by atoms with Gasteiger partial charge in [0.25, 0.3) is 0 Å². The van der Waals surface area contributed by atoms with Crippen LogP contribution in [0.4, 0.5) is 24.5 Å². The maximum absolute atomic E-state index is 13.0.